The number of carbonyl (C=O) groups excluding carboxylic acids is 1. The predicted octanol–water partition coefficient (Wildman–Crippen LogP) is 7.38. The number of nitrogens with one attached hydrogen (secondary N) is 1. The van der Waals surface area contributed by atoms with E-state index < -0.39 is 5.97 Å². The number of para-hydroxylation sites is 1. The van der Waals surface area contributed by atoms with Gasteiger partial charge in [-0.3, -0.25) is 4.68 Å². The Balaban J connectivity index is 1.13. The number of benzene rings is 4. The van der Waals surface area contributed by atoms with E-state index in [0.717, 1.165) is 76.0 Å². The Morgan fingerprint density at radius 2 is 1.67 bits per heavy atom. The van der Waals surface area contributed by atoms with E-state index >= 15 is 0 Å². The lowest BCUT2D eigenvalue weighted by Gasteiger charge is -2.34. The van der Waals surface area contributed by atoms with Crippen LogP contribution in [0.25, 0.3) is 32.8 Å². The number of esters is 1. The van der Waals surface area contributed by atoms with Crippen LogP contribution in [0.5, 0.6) is 11.5 Å². The third-order valence-electron chi connectivity index (χ3n) is 9.73. The van der Waals surface area contributed by atoms with Crippen LogP contribution in [0, 0.1) is 0 Å². The second kappa shape index (κ2) is 16.1. The van der Waals surface area contributed by atoms with Gasteiger partial charge >= 0.3 is 5.97 Å². The van der Waals surface area contributed by atoms with Crippen LogP contribution in [0.2, 0.25) is 0 Å². The molecule has 1 fully saturated rings. The lowest BCUT2D eigenvalue weighted by Crippen LogP contribution is -2.43. The average Bonchev–Trinajstić information content (AvgIpc) is 3.72. The third kappa shape index (κ3) is 7.34. The number of aryl methyl sites for hydroxylation is 2. The summed E-state index contributed by atoms with van der Waals surface area (Å²) in [5.41, 5.74) is 6.22. The van der Waals surface area contributed by atoms with Crippen LogP contribution >= 0.6 is 11.9 Å². The number of ether oxygens (including phenoxy) is 3. The van der Waals surface area contributed by atoms with Gasteiger partial charge in [0.2, 0.25) is 0 Å². The number of hydrogen-bond acceptors (Lipinski definition) is 9. The topological polar surface area (TPSA) is 105 Å². The van der Waals surface area contributed by atoms with Crippen molar-refractivity contribution in [1.29, 1.82) is 0 Å². The van der Waals surface area contributed by atoms with Crippen LogP contribution in [-0.4, -0.2) is 75.8 Å². The molecule has 6 aromatic rings. The van der Waals surface area contributed by atoms with Gasteiger partial charge in [-0.1, -0.05) is 66.5 Å². The number of nitrogens with zero attached hydrogens (tertiary/aromatic N) is 4. The molecule has 0 aliphatic carbocycles. The van der Waals surface area contributed by atoms with Gasteiger partial charge in [-0.15, -0.1) is 0 Å². The molecule has 0 amide bonds. The average molecular weight is 720 g/mol. The predicted molar refractivity (Wildman–Crippen MR) is 208 cm³/mol. The normalized spacial score (nSPS) is 13.6. The molecule has 0 bridgehead atoms. The molecular formula is C41H45N5O5S. The minimum absolute atomic E-state index is 0.203. The summed E-state index contributed by atoms with van der Waals surface area (Å²) < 4.78 is 22.1. The maximum Gasteiger partial charge on any atom is 0.355 e. The standard InChI is InChI=1S/C41H45N5O5S/c1-4-49-41(48)40-33(15-9-25-50-37-16-7-11-28-10-5-6-12-31(28)37)32-13-8-14-34(39(32)42-40)38-35(43-44(2)36(38)26-47)27-51-30-19-17-29(18-20-30)45-21-23-46(52-3)24-22-45/h5-8,10-14,16-20,42,47H,4,9,15,21-27H2,1-3H3. The van der Waals surface area contributed by atoms with Crippen molar-refractivity contribution in [2.75, 3.05) is 50.5 Å². The molecule has 3 heterocycles. The number of aromatic nitrogens is 3. The number of H-pyrrole nitrogens is 1. The molecule has 52 heavy (non-hydrogen) atoms. The molecule has 1 aliphatic rings. The van der Waals surface area contributed by atoms with Gasteiger partial charge in [0, 0.05) is 60.8 Å². The molecule has 2 N–H and O–H groups in total. The number of aromatic amines is 1. The van der Waals surface area contributed by atoms with E-state index in [0.29, 0.717) is 36.5 Å². The van der Waals surface area contributed by atoms with Gasteiger partial charge in [0.25, 0.3) is 0 Å². The van der Waals surface area contributed by atoms with Crippen molar-refractivity contribution in [2.24, 2.45) is 7.05 Å². The fraction of sp³-hybridized carbons (Fsp3) is 0.317. The van der Waals surface area contributed by atoms with Gasteiger partial charge in [-0.25, -0.2) is 9.10 Å². The van der Waals surface area contributed by atoms with Crippen LogP contribution in [0.4, 0.5) is 5.69 Å². The summed E-state index contributed by atoms with van der Waals surface area (Å²) in [4.78, 5) is 19.1. The van der Waals surface area contributed by atoms with Crippen molar-refractivity contribution < 1.29 is 24.1 Å². The zero-order chi connectivity index (χ0) is 36.0. The van der Waals surface area contributed by atoms with Gasteiger partial charge in [0.05, 0.1) is 31.0 Å². The molecule has 4 aromatic carbocycles. The number of carbonyl (C=O) groups is 1. The van der Waals surface area contributed by atoms with Crippen LogP contribution < -0.4 is 14.4 Å². The number of hydrogen-bond donors (Lipinski definition) is 2. The fourth-order valence-electron chi connectivity index (χ4n) is 7.12. The highest BCUT2D eigenvalue weighted by atomic mass is 32.2. The molecule has 0 radical (unpaired) electrons. The van der Waals surface area contributed by atoms with Gasteiger partial charge < -0.3 is 29.2 Å². The van der Waals surface area contributed by atoms with Gasteiger partial charge in [0.15, 0.2) is 0 Å². The van der Waals surface area contributed by atoms with E-state index in [1.165, 1.54) is 5.69 Å². The molecule has 1 saturated heterocycles. The number of aliphatic hydroxyl groups is 1. The van der Waals surface area contributed by atoms with E-state index in [1.54, 1.807) is 23.6 Å². The number of aliphatic hydroxyl groups excluding tert-OH is 1. The number of piperazine rings is 1. The Bertz CT molecular complexity index is 2150. The smallest absolute Gasteiger partial charge is 0.355 e. The molecule has 7 rings (SSSR count). The van der Waals surface area contributed by atoms with E-state index in [2.05, 4.69) is 50.8 Å². The fourth-order valence-corrected chi connectivity index (χ4v) is 7.65. The molecule has 0 spiro atoms. The summed E-state index contributed by atoms with van der Waals surface area (Å²) in [5, 5.41) is 18.4. The summed E-state index contributed by atoms with van der Waals surface area (Å²) >= 11 is 1.80. The lowest BCUT2D eigenvalue weighted by atomic mass is 9.98. The molecule has 0 unspecified atom stereocenters. The molecule has 10 nitrogen and oxygen atoms in total. The van der Waals surface area contributed by atoms with Crippen molar-refractivity contribution in [2.45, 2.75) is 33.0 Å². The van der Waals surface area contributed by atoms with Crippen LogP contribution in [0.15, 0.2) is 84.9 Å². The van der Waals surface area contributed by atoms with Crippen molar-refractivity contribution >= 4 is 45.3 Å². The minimum Gasteiger partial charge on any atom is -0.493 e. The Kier molecular flexibility index (Phi) is 11.0. The highest BCUT2D eigenvalue weighted by Crippen LogP contribution is 2.37. The monoisotopic (exact) mass is 719 g/mol. The highest BCUT2D eigenvalue weighted by Gasteiger charge is 2.25. The number of rotatable bonds is 14. The van der Waals surface area contributed by atoms with E-state index in [1.807, 2.05) is 61.6 Å². The Morgan fingerprint density at radius 1 is 0.923 bits per heavy atom. The first kappa shape index (κ1) is 35.4. The lowest BCUT2D eigenvalue weighted by molar-refractivity contribution is 0.0519. The van der Waals surface area contributed by atoms with E-state index in [9.17, 15) is 9.90 Å². The maximum absolute atomic E-state index is 13.3. The minimum atomic E-state index is -0.402. The largest absolute Gasteiger partial charge is 0.493 e. The first-order chi connectivity index (χ1) is 25.5. The quantitative estimate of drug-likeness (QED) is 0.0678. The molecule has 2 aromatic heterocycles. The molecule has 1 aliphatic heterocycles. The highest BCUT2D eigenvalue weighted by molar-refractivity contribution is 7.96. The van der Waals surface area contributed by atoms with Crippen molar-refractivity contribution in [3.63, 3.8) is 0 Å². The van der Waals surface area contributed by atoms with Gasteiger partial charge in [0.1, 0.15) is 29.5 Å². The van der Waals surface area contributed by atoms with Crippen LogP contribution in [0.1, 0.15) is 40.8 Å². The zero-order valence-corrected chi connectivity index (χ0v) is 30.7. The van der Waals surface area contributed by atoms with Crippen LogP contribution in [0.3, 0.4) is 0 Å². The summed E-state index contributed by atoms with van der Waals surface area (Å²) in [6.45, 7) is 6.59. The Labute approximate surface area is 308 Å². The van der Waals surface area contributed by atoms with Crippen molar-refractivity contribution in [3.8, 4) is 22.6 Å². The Hall–Kier alpha value is -4.97. The van der Waals surface area contributed by atoms with Gasteiger partial charge in [-0.05, 0) is 67.3 Å². The zero-order valence-electron chi connectivity index (χ0n) is 29.9. The molecule has 0 atom stereocenters. The summed E-state index contributed by atoms with van der Waals surface area (Å²) in [6.07, 6.45) is 3.41. The summed E-state index contributed by atoms with van der Waals surface area (Å²) in [7, 11) is 1.82. The summed E-state index contributed by atoms with van der Waals surface area (Å²) in [6, 6.07) is 28.4. The van der Waals surface area contributed by atoms with Crippen LogP contribution in [-0.2, 0) is 31.4 Å². The molecule has 11 heteroatoms. The maximum atomic E-state index is 13.3. The molecule has 270 valence electrons. The number of anilines is 1. The van der Waals surface area contributed by atoms with Crippen molar-refractivity contribution in [1.82, 2.24) is 19.1 Å². The van der Waals surface area contributed by atoms with Crippen molar-refractivity contribution in [3.05, 3.63) is 108 Å². The van der Waals surface area contributed by atoms with Gasteiger partial charge in [-0.2, -0.15) is 5.10 Å². The second-order valence-electron chi connectivity index (χ2n) is 12.8. The second-order valence-corrected chi connectivity index (χ2v) is 13.7. The van der Waals surface area contributed by atoms with E-state index in [4.69, 9.17) is 19.3 Å². The van der Waals surface area contributed by atoms with E-state index in [-0.39, 0.29) is 19.8 Å². The summed E-state index contributed by atoms with van der Waals surface area (Å²) in [5.74, 6) is 1.18. The number of fused-ring (bicyclic) bond motifs is 2. The SMILES string of the molecule is CCOC(=O)c1[nH]c2c(-c3c(COc4ccc(N5CCN(SC)CC5)cc4)nn(C)c3CO)cccc2c1CCCOc1cccc2ccccc12. The Morgan fingerprint density at radius 3 is 2.44 bits per heavy atom. The first-order valence-electron chi connectivity index (χ1n) is 17.8. The molecule has 0 saturated carbocycles. The first-order valence-corrected chi connectivity index (χ1v) is 19.0. The third-order valence-corrected chi connectivity index (χ3v) is 10.6. The molecular weight excluding hydrogens is 675 g/mol.